The van der Waals surface area contributed by atoms with Crippen molar-refractivity contribution in [1.82, 2.24) is 5.32 Å². The van der Waals surface area contributed by atoms with Gasteiger partial charge in [0.25, 0.3) is 0 Å². The number of rotatable bonds is 7. The van der Waals surface area contributed by atoms with E-state index in [1.165, 1.54) is 0 Å². The van der Waals surface area contributed by atoms with Gasteiger partial charge >= 0.3 is 0 Å². The second-order valence-corrected chi connectivity index (χ2v) is 5.00. The minimum absolute atomic E-state index is 0.703. The highest BCUT2D eigenvalue weighted by molar-refractivity contribution is 6.31. The highest BCUT2D eigenvalue weighted by Gasteiger charge is 2.07. The Balaban J connectivity index is 2.09. The van der Waals surface area contributed by atoms with Gasteiger partial charge in [0.1, 0.15) is 5.75 Å². The van der Waals surface area contributed by atoms with Gasteiger partial charge in [-0.3, -0.25) is 0 Å². The van der Waals surface area contributed by atoms with Gasteiger partial charge in [0.15, 0.2) is 0 Å². The van der Waals surface area contributed by atoms with Crippen molar-refractivity contribution in [2.45, 2.75) is 13.3 Å². The Labute approximate surface area is 125 Å². The average Bonchev–Trinajstić information content (AvgIpc) is 2.49. The summed E-state index contributed by atoms with van der Waals surface area (Å²) in [5.41, 5.74) is 2.17. The molecule has 0 heterocycles. The Morgan fingerprint density at radius 2 is 1.90 bits per heavy atom. The molecule has 3 heteroatoms. The Hall–Kier alpha value is -1.51. The van der Waals surface area contributed by atoms with Gasteiger partial charge in [-0.2, -0.15) is 0 Å². The van der Waals surface area contributed by atoms with Crippen LogP contribution in [-0.2, 0) is 0 Å². The van der Waals surface area contributed by atoms with Crippen LogP contribution < -0.4 is 10.1 Å². The molecule has 0 unspecified atom stereocenters. The Kier molecular flexibility index (Phi) is 5.90. The van der Waals surface area contributed by atoms with Crippen molar-refractivity contribution < 1.29 is 4.74 Å². The number of hydrogen-bond donors (Lipinski definition) is 1. The van der Waals surface area contributed by atoms with Crippen molar-refractivity contribution in [3.63, 3.8) is 0 Å². The quantitative estimate of drug-likeness (QED) is 0.764. The normalized spacial score (nSPS) is 10.5. The van der Waals surface area contributed by atoms with Crippen LogP contribution >= 0.6 is 11.6 Å². The second-order valence-electron chi connectivity index (χ2n) is 4.56. The molecule has 2 aromatic rings. The summed E-state index contributed by atoms with van der Waals surface area (Å²) in [5.74, 6) is 0.886. The van der Waals surface area contributed by atoms with Gasteiger partial charge in [-0.05, 0) is 43.3 Å². The summed E-state index contributed by atoms with van der Waals surface area (Å²) in [5, 5.41) is 4.01. The molecule has 0 spiro atoms. The van der Waals surface area contributed by atoms with Crippen LogP contribution in [0.25, 0.3) is 11.1 Å². The van der Waals surface area contributed by atoms with Gasteiger partial charge < -0.3 is 10.1 Å². The van der Waals surface area contributed by atoms with Gasteiger partial charge in [-0.25, -0.2) is 0 Å². The molecule has 0 amide bonds. The zero-order valence-corrected chi connectivity index (χ0v) is 12.5. The maximum Gasteiger partial charge on any atom is 0.127 e. The Morgan fingerprint density at radius 3 is 2.65 bits per heavy atom. The fourth-order valence-corrected chi connectivity index (χ4v) is 2.20. The highest BCUT2D eigenvalue weighted by Crippen LogP contribution is 2.32. The first-order valence-corrected chi connectivity index (χ1v) is 7.37. The summed E-state index contributed by atoms with van der Waals surface area (Å²) in [7, 11) is 0. The molecule has 1 N–H and O–H groups in total. The van der Waals surface area contributed by atoms with Gasteiger partial charge in [-0.15, -0.1) is 0 Å². The van der Waals surface area contributed by atoms with E-state index in [1.807, 2.05) is 36.4 Å². The number of nitrogens with one attached hydrogen (secondary N) is 1. The van der Waals surface area contributed by atoms with Gasteiger partial charge in [0, 0.05) is 10.6 Å². The van der Waals surface area contributed by atoms with Crippen molar-refractivity contribution in [2.24, 2.45) is 0 Å². The van der Waals surface area contributed by atoms with Crippen LogP contribution in [0.4, 0.5) is 0 Å². The van der Waals surface area contributed by atoms with E-state index in [4.69, 9.17) is 16.3 Å². The number of halogens is 1. The largest absolute Gasteiger partial charge is 0.493 e. The van der Waals surface area contributed by atoms with E-state index in [-0.39, 0.29) is 0 Å². The van der Waals surface area contributed by atoms with E-state index in [0.717, 1.165) is 41.4 Å². The lowest BCUT2D eigenvalue weighted by atomic mass is 10.0. The van der Waals surface area contributed by atoms with Crippen molar-refractivity contribution in [2.75, 3.05) is 19.7 Å². The summed E-state index contributed by atoms with van der Waals surface area (Å²) in [6, 6.07) is 15.9. The molecule has 2 nitrogen and oxygen atoms in total. The Bertz CT molecular complexity index is 528. The van der Waals surface area contributed by atoms with E-state index in [1.54, 1.807) is 0 Å². The maximum absolute atomic E-state index is 6.10. The first-order chi connectivity index (χ1) is 9.81. The van der Waals surface area contributed by atoms with Crippen LogP contribution in [-0.4, -0.2) is 19.7 Å². The maximum atomic E-state index is 6.10. The lowest BCUT2D eigenvalue weighted by Gasteiger charge is -2.12. The molecule has 0 fully saturated rings. The van der Waals surface area contributed by atoms with Gasteiger partial charge in [0.2, 0.25) is 0 Å². The van der Waals surface area contributed by atoms with E-state index >= 15 is 0 Å². The van der Waals surface area contributed by atoms with Gasteiger partial charge in [-0.1, -0.05) is 48.9 Å². The SMILES string of the molecule is CCNCCCOc1ccc(Cl)cc1-c1ccccc1. The molecule has 20 heavy (non-hydrogen) atoms. The topological polar surface area (TPSA) is 21.3 Å². The number of benzene rings is 2. The molecule has 0 saturated heterocycles. The fraction of sp³-hybridized carbons (Fsp3) is 0.294. The summed E-state index contributed by atoms with van der Waals surface area (Å²) in [6.45, 7) is 4.78. The summed E-state index contributed by atoms with van der Waals surface area (Å²) in [6.07, 6.45) is 0.991. The molecule has 0 radical (unpaired) electrons. The monoisotopic (exact) mass is 289 g/mol. The highest BCUT2D eigenvalue weighted by atomic mass is 35.5. The minimum Gasteiger partial charge on any atom is -0.493 e. The first-order valence-electron chi connectivity index (χ1n) is 6.99. The van der Waals surface area contributed by atoms with E-state index in [2.05, 4.69) is 24.4 Å². The third kappa shape index (κ3) is 4.26. The molecular formula is C17H20ClNO. The molecular weight excluding hydrogens is 270 g/mol. The summed E-state index contributed by atoms with van der Waals surface area (Å²) in [4.78, 5) is 0. The minimum atomic E-state index is 0.703. The molecule has 0 saturated carbocycles. The van der Waals surface area contributed by atoms with Crippen molar-refractivity contribution in [3.05, 3.63) is 53.6 Å². The second kappa shape index (κ2) is 7.93. The predicted molar refractivity (Wildman–Crippen MR) is 85.5 cm³/mol. The molecule has 0 aliphatic carbocycles. The summed E-state index contributed by atoms with van der Waals surface area (Å²) >= 11 is 6.10. The zero-order valence-electron chi connectivity index (χ0n) is 11.7. The van der Waals surface area contributed by atoms with Gasteiger partial charge in [0.05, 0.1) is 6.61 Å². The predicted octanol–water partition coefficient (Wildman–Crippen LogP) is 4.39. The van der Waals surface area contributed by atoms with Crippen LogP contribution in [0, 0.1) is 0 Å². The number of ether oxygens (including phenoxy) is 1. The lowest BCUT2D eigenvalue weighted by Crippen LogP contribution is -2.16. The van der Waals surface area contributed by atoms with E-state index < -0.39 is 0 Å². The summed E-state index contributed by atoms with van der Waals surface area (Å²) < 4.78 is 5.89. The third-order valence-electron chi connectivity index (χ3n) is 3.03. The van der Waals surface area contributed by atoms with Crippen LogP contribution in [0.2, 0.25) is 5.02 Å². The third-order valence-corrected chi connectivity index (χ3v) is 3.27. The van der Waals surface area contributed by atoms with E-state index in [0.29, 0.717) is 6.61 Å². The smallest absolute Gasteiger partial charge is 0.127 e. The first kappa shape index (κ1) is 14.9. The molecule has 2 aromatic carbocycles. The number of hydrogen-bond acceptors (Lipinski definition) is 2. The van der Waals surface area contributed by atoms with Crippen LogP contribution in [0.1, 0.15) is 13.3 Å². The molecule has 0 aromatic heterocycles. The molecule has 2 rings (SSSR count). The molecule has 0 atom stereocenters. The molecule has 0 bridgehead atoms. The molecule has 0 aliphatic heterocycles. The van der Waals surface area contributed by atoms with Crippen LogP contribution in [0.3, 0.4) is 0 Å². The van der Waals surface area contributed by atoms with Crippen LogP contribution in [0.5, 0.6) is 5.75 Å². The fourth-order valence-electron chi connectivity index (χ4n) is 2.03. The molecule has 0 aliphatic rings. The zero-order chi connectivity index (χ0) is 14.2. The Morgan fingerprint density at radius 1 is 1.10 bits per heavy atom. The van der Waals surface area contributed by atoms with Crippen LogP contribution in [0.15, 0.2) is 48.5 Å². The van der Waals surface area contributed by atoms with Crippen molar-refractivity contribution in [1.29, 1.82) is 0 Å². The molecule has 106 valence electrons. The van der Waals surface area contributed by atoms with E-state index in [9.17, 15) is 0 Å². The lowest BCUT2D eigenvalue weighted by molar-refractivity contribution is 0.310. The average molecular weight is 290 g/mol. The van der Waals surface area contributed by atoms with Crippen molar-refractivity contribution >= 4 is 11.6 Å². The standard InChI is InChI=1S/C17H20ClNO/c1-2-19-11-6-12-20-17-10-9-15(18)13-16(17)14-7-4-3-5-8-14/h3-5,7-10,13,19H,2,6,11-12H2,1H3. The van der Waals surface area contributed by atoms with Crippen molar-refractivity contribution in [3.8, 4) is 16.9 Å².